The van der Waals surface area contributed by atoms with Crippen molar-refractivity contribution in [1.82, 2.24) is 0 Å². The van der Waals surface area contributed by atoms with Gasteiger partial charge in [0.2, 0.25) is 0 Å². The summed E-state index contributed by atoms with van der Waals surface area (Å²) in [6, 6.07) is 0. The van der Waals surface area contributed by atoms with Crippen molar-refractivity contribution >= 4 is 5.71 Å². The number of nitrogens with zero attached hydrogens (tertiary/aromatic N) is 1. The Bertz CT molecular complexity index is 365. The summed E-state index contributed by atoms with van der Waals surface area (Å²) in [4.78, 5) is 4.28. The maximum atomic E-state index is 10.0. The Labute approximate surface area is 95.8 Å². The molecule has 0 radical (unpaired) electrons. The van der Waals surface area contributed by atoms with E-state index in [9.17, 15) is 5.11 Å². The molecule has 0 aliphatic heterocycles. The molecule has 0 saturated heterocycles. The van der Waals surface area contributed by atoms with Crippen LogP contribution in [0.4, 0.5) is 0 Å². The topological polar surface area (TPSA) is 67.8 Å². The summed E-state index contributed by atoms with van der Waals surface area (Å²) in [6.07, 6.45) is 6.20. The van der Waals surface area contributed by atoms with Crippen LogP contribution in [0.3, 0.4) is 0 Å². The first-order chi connectivity index (χ1) is 7.70. The summed E-state index contributed by atoms with van der Waals surface area (Å²) in [6.45, 7) is 2.94. The van der Waals surface area contributed by atoms with Crippen molar-refractivity contribution in [3.63, 3.8) is 0 Å². The molecule has 4 nitrogen and oxygen atoms in total. The van der Waals surface area contributed by atoms with Gasteiger partial charge in [-0.3, -0.25) is 4.99 Å². The number of aliphatic hydroxyl groups excluding tert-OH is 1. The minimum Gasteiger partial charge on any atom is -0.504 e. The van der Waals surface area contributed by atoms with Crippen LogP contribution < -0.4 is 5.73 Å². The van der Waals surface area contributed by atoms with Gasteiger partial charge in [0.05, 0.1) is 13.7 Å². The summed E-state index contributed by atoms with van der Waals surface area (Å²) in [5.41, 5.74) is 6.98. The number of hydrogen-bond acceptors (Lipinski definition) is 4. The number of aliphatic imine (C=N–C) groups is 1. The number of rotatable bonds is 4. The molecule has 0 heterocycles. The van der Waals surface area contributed by atoms with E-state index in [4.69, 9.17) is 10.5 Å². The van der Waals surface area contributed by atoms with Crippen LogP contribution >= 0.6 is 0 Å². The zero-order valence-electron chi connectivity index (χ0n) is 9.73. The second-order valence-corrected chi connectivity index (χ2v) is 3.45. The first-order valence-corrected chi connectivity index (χ1v) is 5.25. The fraction of sp³-hybridized carbons (Fsp3) is 0.417. The number of hydrogen-bond donors (Lipinski definition) is 2. The normalized spacial score (nSPS) is 17.2. The Morgan fingerprint density at radius 3 is 3.00 bits per heavy atom. The number of methoxy groups -OCH3 is 1. The summed E-state index contributed by atoms with van der Waals surface area (Å²) in [5.74, 6) is 0.622. The van der Waals surface area contributed by atoms with Gasteiger partial charge >= 0.3 is 0 Å². The van der Waals surface area contributed by atoms with Crippen LogP contribution in [0.2, 0.25) is 0 Å². The van der Waals surface area contributed by atoms with E-state index >= 15 is 0 Å². The van der Waals surface area contributed by atoms with Crippen LogP contribution in [0.1, 0.15) is 13.3 Å². The highest BCUT2D eigenvalue weighted by Crippen LogP contribution is 2.20. The van der Waals surface area contributed by atoms with Crippen molar-refractivity contribution in [3.8, 4) is 0 Å². The van der Waals surface area contributed by atoms with Crippen LogP contribution in [0.25, 0.3) is 0 Å². The quantitative estimate of drug-likeness (QED) is 0.711. The molecule has 1 aliphatic rings. The second-order valence-electron chi connectivity index (χ2n) is 3.45. The molecule has 0 saturated carbocycles. The molecule has 0 amide bonds. The molecule has 0 aromatic heterocycles. The molecule has 4 heteroatoms. The first-order valence-electron chi connectivity index (χ1n) is 5.25. The van der Waals surface area contributed by atoms with Crippen molar-refractivity contribution in [2.45, 2.75) is 13.3 Å². The fourth-order valence-electron chi connectivity index (χ4n) is 1.48. The minimum atomic E-state index is 0.158. The zero-order valence-corrected chi connectivity index (χ0v) is 9.73. The summed E-state index contributed by atoms with van der Waals surface area (Å²) in [5, 5.41) is 10.0. The molecule has 1 rings (SSSR count). The van der Waals surface area contributed by atoms with E-state index in [0.717, 1.165) is 11.3 Å². The van der Waals surface area contributed by atoms with E-state index in [1.807, 2.05) is 19.1 Å². The Kier molecular flexibility index (Phi) is 4.79. The smallest absolute Gasteiger partial charge is 0.163 e. The van der Waals surface area contributed by atoms with Crippen molar-refractivity contribution in [3.05, 3.63) is 35.3 Å². The minimum absolute atomic E-state index is 0.158. The van der Waals surface area contributed by atoms with E-state index < -0.39 is 0 Å². The van der Waals surface area contributed by atoms with Crippen LogP contribution in [0.5, 0.6) is 0 Å². The summed E-state index contributed by atoms with van der Waals surface area (Å²) in [7, 11) is 1.53. The third-order valence-electron chi connectivity index (χ3n) is 2.36. The van der Waals surface area contributed by atoms with Gasteiger partial charge in [0.25, 0.3) is 0 Å². The van der Waals surface area contributed by atoms with Crippen LogP contribution in [0, 0.1) is 0 Å². The lowest BCUT2D eigenvalue weighted by Crippen LogP contribution is -2.08. The third kappa shape index (κ3) is 2.97. The molecule has 16 heavy (non-hydrogen) atoms. The van der Waals surface area contributed by atoms with Crippen LogP contribution in [-0.2, 0) is 4.74 Å². The van der Waals surface area contributed by atoms with Crippen molar-refractivity contribution in [2.24, 2.45) is 10.7 Å². The van der Waals surface area contributed by atoms with Gasteiger partial charge in [-0.05, 0) is 19.4 Å². The maximum Gasteiger partial charge on any atom is 0.163 e. The average molecular weight is 222 g/mol. The van der Waals surface area contributed by atoms with Crippen LogP contribution in [-0.4, -0.2) is 31.0 Å². The highest BCUT2D eigenvalue weighted by Gasteiger charge is 2.14. The molecule has 0 spiro atoms. The molecule has 0 aromatic rings. The van der Waals surface area contributed by atoms with Gasteiger partial charge in [0.15, 0.2) is 11.5 Å². The molecule has 3 N–H and O–H groups in total. The predicted molar refractivity (Wildman–Crippen MR) is 65.5 cm³/mol. The highest BCUT2D eigenvalue weighted by molar-refractivity contribution is 5.99. The highest BCUT2D eigenvalue weighted by atomic mass is 16.5. The predicted octanol–water partition coefficient (Wildman–Crippen LogP) is 1.71. The van der Waals surface area contributed by atoms with E-state index in [0.29, 0.717) is 25.3 Å². The lowest BCUT2D eigenvalue weighted by Gasteiger charge is -2.09. The SMILES string of the molecule is COC1=CC=CCC(/C(C)=N\CCN)=C1O. The molecule has 0 bridgehead atoms. The zero-order chi connectivity index (χ0) is 12.0. The van der Waals surface area contributed by atoms with E-state index in [-0.39, 0.29) is 5.76 Å². The monoisotopic (exact) mass is 222 g/mol. The fourth-order valence-corrected chi connectivity index (χ4v) is 1.48. The lowest BCUT2D eigenvalue weighted by atomic mass is 10.1. The molecule has 0 unspecified atom stereocenters. The largest absolute Gasteiger partial charge is 0.504 e. The van der Waals surface area contributed by atoms with Gasteiger partial charge in [-0.1, -0.05) is 12.2 Å². The molecule has 0 atom stereocenters. The van der Waals surface area contributed by atoms with E-state index in [2.05, 4.69) is 4.99 Å². The second kappa shape index (κ2) is 6.12. The van der Waals surface area contributed by atoms with Gasteiger partial charge in [0, 0.05) is 17.8 Å². The Morgan fingerprint density at radius 2 is 2.38 bits per heavy atom. The van der Waals surface area contributed by atoms with Gasteiger partial charge in [-0.2, -0.15) is 0 Å². The summed E-state index contributed by atoms with van der Waals surface area (Å²) >= 11 is 0. The number of ether oxygens (including phenoxy) is 1. The number of aliphatic hydroxyl groups is 1. The molecule has 88 valence electrons. The molecular formula is C12H18N2O2. The van der Waals surface area contributed by atoms with E-state index in [1.54, 1.807) is 6.08 Å². The lowest BCUT2D eigenvalue weighted by molar-refractivity contribution is 0.255. The van der Waals surface area contributed by atoms with E-state index in [1.165, 1.54) is 7.11 Å². The number of nitrogens with two attached hydrogens (primary N) is 1. The molecule has 0 aromatic carbocycles. The van der Waals surface area contributed by atoms with Gasteiger partial charge in [0.1, 0.15) is 0 Å². The Hall–Kier alpha value is -1.55. The number of allylic oxidation sites excluding steroid dienone is 4. The Balaban J connectivity index is 3.01. The van der Waals surface area contributed by atoms with Crippen molar-refractivity contribution < 1.29 is 9.84 Å². The van der Waals surface area contributed by atoms with Gasteiger partial charge in [-0.25, -0.2) is 0 Å². The van der Waals surface area contributed by atoms with Gasteiger partial charge in [-0.15, -0.1) is 0 Å². The van der Waals surface area contributed by atoms with Gasteiger partial charge < -0.3 is 15.6 Å². The van der Waals surface area contributed by atoms with Crippen molar-refractivity contribution in [1.29, 1.82) is 0 Å². The van der Waals surface area contributed by atoms with Crippen LogP contribution in [0.15, 0.2) is 40.3 Å². The molecule has 0 fully saturated rings. The average Bonchev–Trinajstić information content (AvgIpc) is 2.48. The standard InChI is InChI=1S/C12H18N2O2/c1-9(14-8-7-13)10-5-3-4-6-11(16-2)12(10)15/h3-4,6,15H,5,7-8,13H2,1-2H3/b14-9-. The third-order valence-corrected chi connectivity index (χ3v) is 2.36. The molecular weight excluding hydrogens is 204 g/mol. The van der Waals surface area contributed by atoms with Crippen molar-refractivity contribution in [2.75, 3.05) is 20.2 Å². The first kappa shape index (κ1) is 12.5. The maximum absolute atomic E-state index is 10.0. The Morgan fingerprint density at radius 1 is 1.62 bits per heavy atom. The summed E-state index contributed by atoms with van der Waals surface area (Å²) < 4.78 is 5.09. The molecule has 1 aliphatic carbocycles.